The van der Waals surface area contributed by atoms with E-state index in [1.54, 1.807) is 24.3 Å². The van der Waals surface area contributed by atoms with Gasteiger partial charge in [0, 0.05) is 11.2 Å². The molecule has 1 N–H and O–H groups in total. The minimum Gasteiger partial charge on any atom is -0.255 e. The number of benzene rings is 1. The van der Waals surface area contributed by atoms with Crippen molar-refractivity contribution in [3.8, 4) is 0 Å². The van der Waals surface area contributed by atoms with Gasteiger partial charge in [0.2, 0.25) is 0 Å². The van der Waals surface area contributed by atoms with Gasteiger partial charge in [0.05, 0.1) is 16.8 Å². The Balaban J connectivity index is 2.11. The van der Waals surface area contributed by atoms with Crippen LogP contribution in [-0.2, 0) is 10.0 Å². The number of pyridine rings is 1. The normalized spacial score (nSPS) is 11.7. The zero-order chi connectivity index (χ0) is 14.6. The molecule has 0 amide bonds. The molecule has 1 aromatic carbocycles. The average molecular weight is 310 g/mol. The Bertz CT molecular complexity index is 728. The molecule has 0 fully saturated rings. The molecule has 2 rings (SSSR count). The topological polar surface area (TPSA) is 71.4 Å². The van der Waals surface area contributed by atoms with Crippen LogP contribution in [0.4, 0.5) is 0 Å². The third-order valence-corrected chi connectivity index (χ3v) is 3.92. The second-order valence-electron chi connectivity index (χ2n) is 4.06. The van der Waals surface area contributed by atoms with Crippen molar-refractivity contribution < 1.29 is 8.42 Å². The highest BCUT2D eigenvalue weighted by Gasteiger charge is 2.11. The quantitative estimate of drug-likeness (QED) is 0.696. The molecule has 0 aliphatic heterocycles. The fraction of sp³-hybridized carbons (Fsp3) is 0.0769. The highest BCUT2D eigenvalue weighted by Crippen LogP contribution is 2.10. The molecule has 104 valence electrons. The fourth-order valence-electron chi connectivity index (χ4n) is 1.42. The second kappa shape index (κ2) is 6.02. The number of aryl methyl sites for hydroxylation is 1. The van der Waals surface area contributed by atoms with Crippen molar-refractivity contribution in [3.05, 3.63) is 58.9 Å². The summed E-state index contributed by atoms with van der Waals surface area (Å²) in [7, 11) is -3.67. The molecule has 0 radical (unpaired) electrons. The van der Waals surface area contributed by atoms with Gasteiger partial charge in [-0.25, -0.2) is 4.83 Å². The number of nitrogens with zero attached hydrogens (tertiary/aromatic N) is 2. The van der Waals surface area contributed by atoms with E-state index >= 15 is 0 Å². The van der Waals surface area contributed by atoms with Gasteiger partial charge in [-0.05, 0) is 31.2 Å². The molecule has 0 aliphatic rings. The molecule has 20 heavy (non-hydrogen) atoms. The Morgan fingerprint density at radius 1 is 1.25 bits per heavy atom. The van der Waals surface area contributed by atoms with Crippen LogP contribution >= 0.6 is 11.6 Å². The van der Waals surface area contributed by atoms with Crippen molar-refractivity contribution in [1.29, 1.82) is 0 Å². The maximum atomic E-state index is 11.9. The maximum Gasteiger partial charge on any atom is 0.276 e. The van der Waals surface area contributed by atoms with Gasteiger partial charge in [-0.15, -0.1) is 0 Å². The van der Waals surface area contributed by atoms with E-state index in [4.69, 9.17) is 11.6 Å². The summed E-state index contributed by atoms with van der Waals surface area (Å²) in [6, 6.07) is 9.67. The molecule has 1 heterocycles. The average Bonchev–Trinajstić information content (AvgIpc) is 2.39. The Morgan fingerprint density at radius 3 is 2.60 bits per heavy atom. The molecule has 0 atom stereocenters. The minimum absolute atomic E-state index is 0.152. The maximum absolute atomic E-state index is 11.9. The number of hydrogen-bond donors (Lipinski definition) is 1. The number of nitrogens with one attached hydrogen (secondary N) is 1. The van der Waals surface area contributed by atoms with Gasteiger partial charge >= 0.3 is 0 Å². The van der Waals surface area contributed by atoms with Crippen LogP contribution in [0.1, 0.15) is 11.3 Å². The van der Waals surface area contributed by atoms with Crippen molar-refractivity contribution in [1.82, 2.24) is 9.82 Å². The molecule has 1 aromatic heterocycles. The number of rotatable bonds is 4. The van der Waals surface area contributed by atoms with Gasteiger partial charge in [0.1, 0.15) is 0 Å². The molecule has 5 nitrogen and oxygen atoms in total. The lowest BCUT2D eigenvalue weighted by atomic mass is 10.2. The monoisotopic (exact) mass is 309 g/mol. The van der Waals surface area contributed by atoms with Gasteiger partial charge in [-0.1, -0.05) is 29.3 Å². The standard InChI is InChI=1S/C13H12ClN3O2S/c1-10-2-4-13(5-3-10)20(18,19)17-16-9-12-8-11(14)6-7-15-12/h2-9,17H,1H3. The molecule has 0 aliphatic carbocycles. The number of aromatic nitrogens is 1. The zero-order valence-electron chi connectivity index (χ0n) is 10.6. The summed E-state index contributed by atoms with van der Waals surface area (Å²) in [6.07, 6.45) is 2.80. The summed E-state index contributed by atoms with van der Waals surface area (Å²) in [5, 5.41) is 4.17. The van der Waals surface area contributed by atoms with E-state index in [9.17, 15) is 8.42 Å². The summed E-state index contributed by atoms with van der Waals surface area (Å²) in [6.45, 7) is 1.88. The van der Waals surface area contributed by atoms with E-state index in [0.29, 0.717) is 10.7 Å². The predicted octanol–water partition coefficient (Wildman–Crippen LogP) is 2.36. The fourth-order valence-corrected chi connectivity index (χ4v) is 2.38. The predicted molar refractivity (Wildman–Crippen MR) is 78.3 cm³/mol. The van der Waals surface area contributed by atoms with Crippen LogP contribution < -0.4 is 4.83 Å². The molecule has 7 heteroatoms. The van der Waals surface area contributed by atoms with Crippen LogP contribution in [0.5, 0.6) is 0 Å². The lowest BCUT2D eigenvalue weighted by Crippen LogP contribution is -2.18. The van der Waals surface area contributed by atoms with Crippen LogP contribution in [0, 0.1) is 6.92 Å². The molecule has 0 unspecified atom stereocenters. The lowest BCUT2D eigenvalue weighted by molar-refractivity contribution is 0.584. The highest BCUT2D eigenvalue weighted by molar-refractivity contribution is 7.89. The molecule has 0 saturated heterocycles. The van der Waals surface area contributed by atoms with E-state index < -0.39 is 10.0 Å². The van der Waals surface area contributed by atoms with Crippen LogP contribution in [0.25, 0.3) is 0 Å². The number of hydrogen-bond acceptors (Lipinski definition) is 4. The van der Waals surface area contributed by atoms with Crippen molar-refractivity contribution in [2.24, 2.45) is 5.10 Å². The first-order valence-corrected chi connectivity index (χ1v) is 7.56. The Labute approximate surface area is 122 Å². The summed E-state index contributed by atoms with van der Waals surface area (Å²) in [4.78, 5) is 6.25. The first-order chi connectivity index (χ1) is 9.47. The largest absolute Gasteiger partial charge is 0.276 e. The van der Waals surface area contributed by atoms with E-state index in [1.807, 2.05) is 6.92 Å². The summed E-state index contributed by atoms with van der Waals surface area (Å²) in [5.41, 5.74) is 1.44. The van der Waals surface area contributed by atoms with E-state index in [0.717, 1.165) is 5.56 Å². The molecular weight excluding hydrogens is 298 g/mol. The summed E-state index contributed by atoms with van der Waals surface area (Å²) < 4.78 is 23.9. The summed E-state index contributed by atoms with van der Waals surface area (Å²) in [5.74, 6) is 0. The first-order valence-electron chi connectivity index (χ1n) is 5.70. The van der Waals surface area contributed by atoms with Crippen molar-refractivity contribution in [3.63, 3.8) is 0 Å². The molecular formula is C13H12ClN3O2S. The SMILES string of the molecule is Cc1ccc(S(=O)(=O)NN=Cc2cc(Cl)ccn2)cc1. The minimum atomic E-state index is -3.67. The van der Waals surface area contributed by atoms with Crippen LogP contribution in [-0.4, -0.2) is 19.6 Å². The van der Waals surface area contributed by atoms with Gasteiger partial charge in [-0.2, -0.15) is 13.5 Å². The zero-order valence-corrected chi connectivity index (χ0v) is 12.2. The van der Waals surface area contributed by atoms with Crippen LogP contribution in [0.2, 0.25) is 5.02 Å². The second-order valence-corrected chi connectivity index (χ2v) is 6.16. The van der Waals surface area contributed by atoms with E-state index in [2.05, 4.69) is 14.9 Å². The van der Waals surface area contributed by atoms with Crippen molar-refractivity contribution in [2.75, 3.05) is 0 Å². The van der Waals surface area contributed by atoms with Crippen LogP contribution in [0.15, 0.2) is 52.6 Å². The number of hydrazone groups is 1. The number of halogens is 1. The van der Waals surface area contributed by atoms with Gasteiger partial charge in [-0.3, -0.25) is 4.98 Å². The molecule has 0 spiro atoms. The highest BCUT2D eigenvalue weighted by atomic mass is 35.5. The van der Waals surface area contributed by atoms with Crippen molar-refractivity contribution in [2.45, 2.75) is 11.8 Å². The number of sulfonamides is 1. The third kappa shape index (κ3) is 3.79. The van der Waals surface area contributed by atoms with Gasteiger partial charge in [0.25, 0.3) is 10.0 Å². The smallest absolute Gasteiger partial charge is 0.255 e. The van der Waals surface area contributed by atoms with Gasteiger partial charge in [0.15, 0.2) is 0 Å². The molecule has 0 bridgehead atoms. The lowest BCUT2D eigenvalue weighted by Gasteiger charge is -2.03. The van der Waals surface area contributed by atoms with E-state index in [-0.39, 0.29) is 4.90 Å². The van der Waals surface area contributed by atoms with E-state index in [1.165, 1.54) is 24.5 Å². The Morgan fingerprint density at radius 2 is 1.95 bits per heavy atom. The van der Waals surface area contributed by atoms with Crippen molar-refractivity contribution >= 4 is 27.8 Å². The van der Waals surface area contributed by atoms with Gasteiger partial charge < -0.3 is 0 Å². The first kappa shape index (κ1) is 14.5. The summed E-state index contributed by atoms with van der Waals surface area (Å²) >= 11 is 5.78. The van der Waals surface area contributed by atoms with Crippen LogP contribution in [0.3, 0.4) is 0 Å². The third-order valence-electron chi connectivity index (χ3n) is 2.44. The molecule has 0 saturated carbocycles. The Kier molecular flexibility index (Phi) is 4.36. The Hall–Kier alpha value is -1.92. The molecule has 2 aromatic rings.